The van der Waals surface area contributed by atoms with E-state index >= 15 is 0 Å². The van der Waals surface area contributed by atoms with Gasteiger partial charge in [0.1, 0.15) is 5.75 Å². The Kier molecular flexibility index (Phi) is 6.27. The number of methoxy groups -OCH3 is 1. The van der Waals surface area contributed by atoms with Crippen molar-refractivity contribution in [3.05, 3.63) is 42.3 Å². The monoisotopic (exact) mass is 346 g/mol. The number of rotatable bonds is 7. The zero-order valence-electron chi connectivity index (χ0n) is 14.1. The number of ether oxygens (including phenoxy) is 3. The number of benzene rings is 1. The Balaban J connectivity index is 1.98. The lowest BCUT2D eigenvalue weighted by Gasteiger charge is -2.06. The van der Waals surface area contributed by atoms with E-state index in [0.29, 0.717) is 17.2 Å². The van der Waals surface area contributed by atoms with Gasteiger partial charge < -0.3 is 18.6 Å². The van der Waals surface area contributed by atoms with E-state index in [-0.39, 0.29) is 12.5 Å². The molecule has 0 bridgehead atoms. The molecular weight excluding hydrogens is 328 g/mol. The molecule has 1 aromatic carbocycles. The van der Waals surface area contributed by atoms with Crippen LogP contribution >= 0.6 is 0 Å². The fraction of sp³-hybridized carbons (Fsp3) is 0.294. The average molecular weight is 346 g/mol. The van der Waals surface area contributed by atoms with Crippen LogP contribution in [0.3, 0.4) is 0 Å². The number of carbonyl (C=O) groups excluding carboxylic acids is 2. The summed E-state index contributed by atoms with van der Waals surface area (Å²) in [7, 11) is 1.58. The maximum Gasteiger partial charge on any atom is 0.331 e. The molecule has 2 aromatic rings. The van der Waals surface area contributed by atoms with E-state index in [0.717, 1.165) is 12.2 Å². The fourth-order valence-corrected chi connectivity index (χ4v) is 1.84. The molecule has 0 amide bonds. The summed E-state index contributed by atoms with van der Waals surface area (Å²) in [6, 6.07) is 7.08. The first-order chi connectivity index (χ1) is 12.0. The molecule has 0 unspecified atom stereocenters. The molecular formula is C17H18N2O6. The van der Waals surface area contributed by atoms with Crippen LogP contribution in [0, 0.1) is 0 Å². The van der Waals surface area contributed by atoms with Crippen LogP contribution in [0.4, 0.5) is 0 Å². The van der Waals surface area contributed by atoms with Crippen molar-refractivity contribution in [2.45, 2.75) is 20.0 Å². The fourth-order valence-electron chi connectivity index (χ4n) is 1.84. The van der Waals surface area contributed by atoms with E-state index in [1.165, 1.54) is 0 Å². The maximum atomic E-state index is 11.7. The Hall–Kier alpha value is -3.16. The van der Waals surface area contributed by atoms with E-state index in [2.05, 4.69) is 14.9 Å². The first-order valence-electron chi connectivity index (χ1n) is 7.56. The summed E-state index contributed by atoms with van der Waals surface area (Å²) >= 11 is 0. The molecule has 25 heavy (non-hydrogen) atoms. The molecule has 0 N–H and O–H groups in total. The van der Waals surface area contributed by atoms with Crippen molar-refractivity contribution in [2.24, 2.45) is 0 Å². The van der Waals surface area contributed by atoms with Crippen molar-refractivity contribution in [2.75, 3.05) is 13.7 Å². The van der Waals surface area contributed by atoms with Crippen LogP contribution in [-0.2, 0) is 19.1 Å². The van der Waals surface area contributed by atoms with Gasteiger partial charge in [-0.1, -0.05) is 0 Å². The summed E-state index contributed by atoms with van der Waals surface area (Å²) in [5.41, 5.74) is 0.709. The van der Waals surface area contributed by atoms with Crippen molar-refractivity contribution < 1.29 is 28.2 Å². The molecule has 132 valence electrons. The van der Waals surface area contributed by atoms with Crippen LogP contribution in [0.15, 0.2) is 40.8 Å². The van der Waals surface area contributed by atoms with Gasteiger partial charge in [-0.25, -0.2) is 9.59 Å². The van der Waals surface area contributed by atoms with Gasteiger partial charge in [0, 0.05) is 17.7 Å². The number of esters is 2. The van der Waals surface area contributed by atoms with Gasteiger partial charge in [-0.15, -0.1) is 10.2 Å². The number of hydrogen-bond donors (Lipinski definition) is 0. The highest BCUT2D eigenvalue weighted by Crippen LogP contribution is 2.24. The van der Waals surface area contributed by atoms with Gasteiger partial charge in [0.2, 0.25) is 5.89 Å². The van der Waals surface area contributed by atoms with Gasteiger partial charge in [0.15, 0.2) is 6.10 Å². The third-order valence-electron chi connectivity index (χ3n) is 3.06. The molecule has 0 fully saturated rings. The second-order valence-corrected chi connectivity index (χ2v) is 4.84. The highest BCUT2D eigenvalue weighted by atomic mass is 16.6. The molecule has 1 aromatic heterocycles. The molecule has 0 aliphatic rings. The minimum Gasteiger partial charge on any atom is -0.497 e. The predicted molar refractivity (Wildman–Crippen MR) is 86.6 cm³/mol. The van der Waals surface area contributed by atoms with Crippen molar-refractivity contribution in [3.63, 3.8) is 0 Å². The summed E-state index contributed by atoms with van der Waals surface area (Å²) < 4.78 is 20.4. The normalized spacial score (nSPS) is 12.0. The Morgan fingerprint density at radius 3 is 2.48 bits per heavy atom. The molecule has 0 saturated heterocycles. The van der Waals surface area contributed by atoms with Crippen molar-refractivity contribution in [1.29, 1.82) is 0 Å². The molecule has 0 radical (unpaired) electrons. The third-order valence-corrected chi connectivity index (χ3v) is 3.06. The lowest BCUT2D eigenvalue weighted by atomic mass is 10.2. The Morgan fingerprint density at radius 1 is 1.16 bits per heavy atom. The first kappa shape index (κ1) is 18.2. The Labute approximate surface area is 144 Å². The van der Waals surface area contributed by atoms with E-state index in [9.17, 15) is 9.59 Å². The van der Waals surface area contributed by atoms with Crippen LogP contribution in [-0.4, -0.2) is 35.9 Å². The number of hydrogen-bond acceptors (Lipinski definition) is 8. The average Bonchev–Trinajstić information content (AvgIpc) is 3.10. The Morgan fingerprint density at radius 2 is 1.84 bits per heavy atom. The summed E-state index contributed by atoms with van der Waals surface area (Å²) in [6.45, 7) is 3.48. The second kappa shape index (κ2) is 8.62. The predicted octanol–water partition coefficient (Wildman–Crippen LogP) is 2.47. The quantitative estimate of drug-likeness (QED) is 0.557. The molecule has 0 aliphatic heterocycles. The summed E-state index contributed by atoms with van der Waals surface area (Å²) in [5, 5.41) is 7.80. The van der Waals surface area contributed by atoms with Gasteiger partial charge in [-0.05, 0) is 38.1 Å². The van der Waals surface area contributed by atoms with Crippen LogP contribution in [0.2, 0.25) is 0 Å². The topological polar surface area (TPSA) is 101 Å². The number of aromatic nitrogens is 2. The zero-order chi connectivity index (χ0) is 18.2. The van der Waals surface area contributed by atoms with Crippen LogP contribution in [0.5, 0.6) is 5.75 Å². The van der Waals surface area contributed by atoms with Crippen LogP contribution < -0.4 is 4.74 Å². The van der Waals surface area contributed by atoms with Gasteiger partial charge in [0.05, 0.1) is 13.7 Å². The van der Waals surface area contributed by atoms with E-state index < -0.39 is 18.0 Å². The van der Waals surface area contributed by atoms with Gasteiger partial charge in [0.25, 0.3) is 5.89 Å². The Bertz CT molecular complexity index is 751. The molecule has 8 nitrogen and oxygen atoms in total. The van der Waals surface area contributed by atoms with E-state index in [1.54, 1.807) is 45.2 Å². The molecule has 1 atom stereocenters. The van der Waals surface area contributed by atoms with E-state index in [4.69, 9.17) is 13.9 Å². The van der Waals surface area contributed by atoms with Crippen molar-refractivity contribution in [1.82, 2.24) is 10.2 Å². The standard InChI is InChI=1S/C17H18N2O6/c1-4-23-14(20)9-10-15(21)24-11(2)16-18-19-17(25-16)12-5-7-13(22-3)8-6-12/h5-11H,4H2,1-3H3/b10-9+/t11-/m1/s1. The van der Waals surface area contributed by atoms with Gasteiger partial charge >= 0.3 is 11.9 Å². The highest BCUT2D eigenvalue weighted by molar-refractivity contribution is 5.91. The molecule has 1 heterocycles. The maximum absolute atomic E-state index is 11.7. The second-order valence-electron chi connectivity index (χ2n) is 4.84. The smallest absolute Gasteiger partial charge is 0.331 e. The number of nitrogens with zero attached hydrogens (tertiary/aromatic N) is 2. The van der Waals surface area contributed by atoms with Crippen LogP contribution in [0.25, 0.3) is 11.5 Å². The minimum atomic E-state index is -0.765. The number of carbonyl (C=O) groups is 2. The largest absolute Gasteiger partial charge is 0.497 e. The first-order valence-corrected chi connectivity index (χ1v) is 7.56. The third kappa shape index (κ3) is 5.17. The van der Waals surface area contributed by atoms with E-state index in [1.807, 2.05) is 0 Å². The van der Waals surface area contributed by atoms with Gasteiger partial charge in [-0.2, -0.15) is 0 Å². The SMILES string of the molecule is CCOC(=O)/C=C/C(=O)O[C@H](C)c1nnc(-c2ccc(OC)cc2)o1. The lowest BCUT2D eigenvalue weighted by molar-refractivity contribution is -0.144. The lowest BCUT2D eigenvalue weighted by Crippen LogP contribution is -2.08. The van der Waals surface area contributed by atoms with Gasteiger partial charge in [-0.3, -0.25) is 0 Å². The van der Waals surface area contributed by atoms with Crippen LogP contribution in [0.1, 0.15) is 25.8 Å². The van der Waals surface area contributed by atoms with Crippen molar-refractivity contribution >= 4 is 11.9 Å². The molecule has 0 aliphatic carbocycles. The van der Waals surface area contributed by atoms with Crippen molar-refractivity contribution in [3.8, 4) is 17.2 Å². The summed E-state index contributed by atoms with van der Waals surface area (Å²) in [5.74, 6) is -0.193. The minimum absolute atomic E-state index is 0.142. The summed E-state index contributed by atoms with van der Waals surface area (Å²) in [4.78, 5) is 22.8. The molecule has 0 saturated carbocycles. The highest BCUT2D eigenvalue weighted by Gasteiger charge is 2.18. The summed E-state index contributed by atoms with van der Waals surface area (Å²) in [6.07, 6.45) is 1.21. The molecule has 8 heteroatoms. The zero-order valence-corrected chi connectivity index (χ0v) is 14.1. The molecule has 2 rings (SSSR count). The molecule has 0 spiro atoms.